The zero-order chi connectivity index (χ0) is 20.8. The van der Waals surface area contributed by atoms with E-state index in [1.54, 1.807) is 6.20 Å². The summed E-state index contributed by atoms with van der Waals surface area (Å²) < 4.78 is 5.49. The van der Waals surface area contributed by atoms with Crippen molar-refractivity contribution >= 4 is 11.9 Å². The summed E-state index contributed by atoms with van der Waals surface area (Å²) in [6, 6.07) is 3.95. The molecule has 2 fully saturated rings. The highest BCUT2D eigenvalue weighted by Gasteiger charge is 2.33. The lowest BCUT2D eigenvalue weighted by Crippen LogP contribution is -2.64. The Hall–Kier alpha value is -2.27. The van der Waals surface area contributed by atoms with Crippen molar-refractivity contribution in [1.29, 1.82) is 0 Å². The third kappa shape index (κ3) is 5.66. The molecule has 3 aliphatic rings. The minimum Gasteiger partial charge on any atom is -0.378 e. The number of hydrogen-bond acceptors (Lipinski definition) is 10. The molecule has 4 rings (SSSR count). The molecule has 0 amide bonds. The Morgan fingerprint density at radius 1 is 1.20 bits per heavy atom. The van der Waals surface area contributed by atoms with Crippen LogP contribution in [0.1, 0.15) is 12.0 Å². The van der Waals surface area contributed by atoms with Crippen LogP contribution in [0.5, 0.6) is 0 Å². The third-order valence-corrected chi connectivity index (χ3v) is 5.73. The fourth-order valence-electron chi connectivity index (χ4n) is 3.77. The number of nitrogens with zero attached hydrogens (tertiary/aromatic N) is 6. The number of piperazine rings is 1. The topological polar surface area (TPSA) is 107 Å². The van der Waals surface area contributed by atoms with Crippen LogP contribution in [0.25, 0.3) is 0 Å². The number of guanidine groups is 2. The summed E-state index contributed by atoms with van der Waals surface area (Å²) in [4.78, 5) is 20.6. The maximum atomic E-state index is 6.73. The monoisotopic (exact) mass is 415 g/mol. The van der Waals surface area contributed by atoms with Crippen molar-refractivity contribution in [2.45, 2.75) is 18.8 Å². The molecule has 3 aliphatic heterocycles. The van der Waals surface area contributed by atoms with E-state index in [1.807, 2.05) is 18.3 Å². The number of nitrogens with two attached hydrogens (primary N) is 1. The standard InChI is InChI=1S/C20H33N9O/c1-27-7-9-28(10-8-27)6-4-20(21)25-18(23-16-17-3-2-5-22-15-17)24-19(26-20)29-11-13-30-14-12-29/h2-3,5,15H,4,6-14,16,21H2,1H3,(H2,23,24,25,26). The quantitative estimate of drug-likeness (QED) is 0.566. The van der Waals surface area contributed by atoms with E-state index in [9.17, 15) is 0 Å². The third-order valence-electron chi connectivity index (χ3n) is 5.73. The van der Waals surface area contributed by atoms with E-state index in [0.717, 1.165) is 57.3 Å². The number of morpholine rings is 1. The Bertz CT molecular complexity index is 742. The van der Waals surface area contributed by atoms with Crippen molar-refractivity contribution in [1.82, 2.24) is 30.3 Å². The van der Waals surface area contributed by atoms with Crippen LogP contribution in [-0.4, -0.2) is 103 Å². The average molecular weight is 416 g/mol. The largest absolute Gasteiger partial charge is 0.378 e. The van der Waals surface area contributed by atoms with Gasteiger partial charge in [-0.2, -0.15) is 4.99 Å². The molecule has 1 aromatic rings. The summed E-state index contributed by atoms with van der Waals surface area (Å²) in [6.45, 7) is 8.75. The van der Waals surface area contributed by atoms with Gasteiger partial charge < -0.3 is 30.1 Å². The van der Waals surface area contributed by atoms with Gasteiger partial charge in [-0.3, -0.25) is 10.7 Å². The molecule has 4 N–H and O–H groups in total. The van der Waals surface area contributed by atoms with Gasteiger partial charge in [0.2, 0.25) is 11.9 Å². The number of pyridine rings is 1. The molecule has 0 saturated carbocycles. The average Bonchev–Trinajstić information content (AvgIpc) is 2.78. The van der Waals surface area contributed by atoms with Gasteiger partial charge >= 0.3 is 0 Å². The molecule has 0 aliphatic carbocycles. The van der Waals surface area contributed by atoms with Gasteiger partial charge in [-0.25, -0.2) is 4.99 Å². The molecular weight excluding hydrogens is 382 g/mol. The molecule has 10 heteroatoms. The van der Waals surface area contributed by atoms with Crippen LogP contribution >= 0.6 is 0 Å². The summed E-state index contributed by atoms with van der Waals surface area (Å²) in [7, 11) is 2.17. The van der Waals surface area contributed by atoms with Gasteiger partial charge in [0.1, 0.15) is 0 Å². The first-order valence-corrected chi connectivity index (χ1v) is 10.7. The summed E-state index contributed by atoms with van der Waals surface area (Å²) >= 11 is 0. The second-order valence-corrected chi connectivity index (χ2v) is 8.13. The summed E-state index contributed by atoms with van der Waals surface area (Å²) in [5.41, 5.74) is 7.80. The van der Waals surface area contributed by atoms with Crippen molar-refractivity contribution in [2.24, 2.45) is 15.7 Å². The van der Waals surface area contributed by atoms with Crippen molar-refractivity contribution in [3.63, 3.8) is 0 Å². The SMILES string of the molecule is CN1CCN(CCC2(N)N=C(NCc3cccnc3)N=C(N3CCOCC3)N2)CC1. The van der Waals surface area contributed by atoms with Crippen LogP contribution in [0.3, 0.4) is 0 Å². The highest BCUT2D eigenvalue weighted by atomic mass is 16.5. The van der Waals surface area contributed by atoms with Crippen LogP contribution in [0.4, 0.5) is 0 Å². The smallest absolute Gasteiger partial charge is 0.225 e. The van der Waals surface area contributed by atoms with Crippen LogP contribution in [0.15, 0.2) is 34.5 Å². The van der Waals surface area contributed by atoms with Crippen molar-refractivity contribution < 1.29 is 4.74 Å². The van der Waals surface area contributed by atoms with Gasteiger partial charge in [0, 0.05) is 71.2 Å². The number of aromatic nitrogens is 1. The van der Waals surface area contributed by atoms with Gasteiger partial charge in [-0.15, -0.1) is 0 Å². The van der Waals surface area contributed by atoms with E-state index < -0.39 is 5.79 Å². The molecule has 4 heterocycles. The first kappa shape index (κ1) is 21.0. The van der Waals surface area contributed by atoms with Crippen molar-refractivity contribution in [3.05, 3.63) is 30.1 Å². The van der Waals surface area contributed by atoms with E-state index in [2.05, 4.69) is 37.4 Å². The lowest BCUT2D eigenvalue weighted by atomic mass is 10.2. The van der Waals surface area contributed by atoms with E-state index >= 15 is 0 Å². The first-order valence-electron chi connectivity index (χ1n) is 10.7. The highest BCUT2D eigenvalue weighted by molar-refractivity contribution is 5.97. The fourth-order valence-corrected chi connectivity index (χ4v) is 3.77. The second-order valence-electron chi connectivity index (χ2n) is 8.13. The predicted octanol–water partition coefficient (Wildman–Crippen LogP) is -0.931. The lowest BCUT2D eigenvalue weighted by molar-refractivity contribution is 0.0649. The van der Waals surface area contributed by atoms with E-state index in [4.69, 9.17) is 20.5 Å². The number of rotatable bonds is 5. The molecule has 1 aromatic heterocycles. The minimum absolute atomic E-state index is 0.556. The maximum absolute atomic E-state index is 6.73. The zero-order valence-corrected chi connectivity index (χ0v) is 17.8. The van der Waals surface area contributed by atoms with Crippen LogP contribution in [0.2, 0.25) is 0 Å². The van der Waals surface area contributed by atoms with Crippen LogP contribution in [0, 0.1) is 0 Å². The van der Waals surface area contributed by atoms with Gasteiger partial charge in [0.05, 0.1) is 13.2 Å². The number of likely N-dealkylation sites (N-methyl/N-ethyl adjacent to an activating group) is 1. The Labute approximate surface area is 178 Å². The molecule has 0 aromatic carbocycles. The van der Waals surface area contributed by atoms with Gasteiger partial charge in [0.15, 0.2) is 5.79 Å². The molecule has 0 spiro atoms. The van der Waals surface area contributed by atoms with E-state index in [-0.39, 0.29) is 0 Å². The molecular formula is C20H33N9O. The molecule has 0 radical (unpaired) electrons. The predicted molar refractivity (Wildman–Crippen MR) is 117 cm³/mol. The van der Waals surface area contributed by atoms with Gasteiger partial charge in [-0.05, 0) is 18.7 Å². The lowest BCUT2D eigenvalue weighted by Gasteiger charge is -2.39. The van der Waals surface area contributed by atoms with Crippen LogP contribution < -0.4 is 16.4 Å². The molecule has 164 valence electrons. The Morgan fingerprint density at radius 3 is 2.73 bits per heavy atom. The van der Waals surface area contributed by atoms with E-state index in [1.165, 1.54) is 0 Å². The Morgan fingerprint density at radius 2 is 2.00 bits per heavy atom. The summed E-state index contributed by atoms with van der Waals surface area (Å²) in [6.07, 6.45) is 4.31. The van der Waals surface area contributed by atoms with Crippen LogP contribution in [-0.2, 0) is 11.3 Å². The van der Waals surface area contributed by atoms with Gasteiger partial charge in [-0.1, -0.05) is 6.07 Å². The first-order chi connectivity index (χ1) is 14.6. The number of aliphatic imine (C=N–C) groups is 2. The maximum Gasteiger partial charge on any atom is 0.225 e. The van der Waals surface area contributed by atoms with Crippen molar-refractivity contribution in [3.8, 4) is 0 Å². The minimum atomic E-state index is -0.893. The molecule has 0 bridgehead atoms. The van der Waals surface area contributed by atoms with Crippen molar-refractivity contribution in [2.75, 3.05) is 66.1 Å². The normalized spacial score (nSPS) is 26.0. The van der Waals surface area contributed by atoms with Gasteiger partial charge in [0.25, 0.3) is 0 Å². The fraction of sp³-hybridized carbons (Fsp3) is 0.650. The second kappa shape index (κ2) is 9.69. The number of nitrogens with one attached hydrogen (secondary N) is 2. The Kier molecular flexibility index (Phi) is 6.78. The highest BCUT2D eigenvalue weighted by Crippen LogP contribution is 2.14. The Balaban J connectivity index is 1.44. The number of hydrogen-bond donors (Lipinski definition) is 3. The summed E-state index contributed by atoms with van der Waals surface area (Å²) in [5, 5.41) is 6.73. The van der Waals surface area contributed by atoms with E-state index in [0.29, 0.717) is 32.1 Å². The molecule has 10 nitrogen and oxygen atoms in total. The number of ether oxygens (including phenoxy) is 1. The molecule has 1 unspecified atom stereocenters. The molecule has 30 heavy (non-hydrogen) atoms. The molecule has 2 saturated heterocycles. The zero-order valence-electron chi connectivity index (χ0n) is 17.8. The molecule has 1 atom stereocenters. The summed E-state index contributed by atoms with van der Waals surface area (Å²) in [5.74, 6) is 0.429.